The van der Waals surface area contributed by atoms with Crippen molar-refractivity contribution in [2.45, 2.75) is 6.92 Å². The van der Waals surface area contributed by atoms with Gasteiger partial charge in [-0.2, -0.15) is 5.26 Å². The van der Waals surface area contributed by atoms with Crippen molar-refractivity contribution in [1.82, 2.24) is 0 Å². The number of hydrogen-bond acceptors (Lipinski definition) is 2. The molecule has 0 aliphatic carbocycles. The summed E-state index contributed by atoms with van der Waals surface area (Å²) < 4.78 is 0. The zero-order valence-corrected chi connectivity index (χ0v) is 13.7. The molecule has 0 atom stereocenters. The van der Waals surface area contributed by atoms with Gasteiger partial charge in [-0.3, -0.25) is 0 Å². The Labute approximate surface area is 142 Å². The molecular weight excluding hydrogens is 304 g/mol. The van der Waals surface area contributed by atoms with E-state index in [4.69, 9.17) is 11.6 Å². The van der Waals surface area contributed by atoms with Crippen molar-refractivity contribution in [1.29, 1.82) is 5.26 Å². The monoisotopic (exact) mass is 320 g/mol. The van der Waals surface area contributed by atoms with Crippen molar-refractivity contribution in [3.63, 3.8) is 0 Å². The predicted octanol–water partition coefficient (Wildman–Crippen LogP) is 6.00. The fourth-order valence-corrected chi connectivity index (χ4v) is 2.42. The summed E-state index contributed by atoms with van der Waals surface area (Å²) in [6, 6.07) is 17.5. The fourth-order valence-electron chi connectivity index (χ4n) is 2.26. The largest absolute Gasteiger partial charge is 0.310 e. The van der Waals surface area contributed by atoms with E-state index >= 15 is 0 Å². The Kier molecular flexibility index (Phi) is 5.80. The summed E-state index contributed by atoms with van der Waals surface area (Å²) in [7, 11) is 0. The molecule has 0 amide bonds. The lowest BCUT2D eigenvalue weighted by Crippen LogP contribution is -2.15. The van der Waals surface area contributed by atoms with E-state index in [9.17, 15) is 5.26 Å². The maximum Gasteiger partial charge on any atom is 0.101 e. The summed E-state index contributed by atoms with van der Waals surface area (Å²) in [4.78, 5) is 2.05. The van der Waals surface area contributed by atoms with Gasteiger partial charge in [0.25, 0.3) is 0 Å². The highest BCUT2D eigenvalue weighted by atomic mass is 35.5. The third-order valence-corrected chi connectivity index (χ3v) is 3.56. The highest BCUT2D eigenvalue weighted by molar-refractivity contribution is 6.31. The second kappa shape index (κ2) is 8.03. The van der Waals surface area contributed by atoms with Crippen molar-refractivity contribution in [2.75, 3.05) is 4.90 Å². The third kappa shape index (κ3) is 3.91. The fraction of sp³-hybridized carbons (Fsp3) is 0.0500. The SMILES string of the molecule is C=C/C=C(\C=C/C)N(c1ccccc1)c1ccc(Cl)c(C#N)c1. The predicted molar refractivity (Wildman–Crippen MR) is 97.8 cm³/mol. The standard InChI is InChI=1S/C20H17ClN2/c1-3-8-17(9-4-2)23(18-10-6-5-7-11-18)19-12-13-20(21)16(14-19)15-22/h3-14H,1H2,2H3/b9-4-,17-8+. The second-order valence-electron chi connectivity index (χ2n) is 4.77. The van der Waals surface area contributed by atoms with Gasteiger partial charge < -0.3 is 4.90 Å². The summed E-state index contributed by atoms with van der Waals surface area (Å²) in [5.74, 6) is 0. The molecule has 0 aliphatic heterocycles. The molecule has 2 nitrogen and oxygen atoms in total. The van der Waals surface area contributed by atoms with E-state index < -0.39 is 0 Å². The lowest BCUT2D eigenvalue weighted by atomic mass is 10.1. The number of benzene rings is 2. The molecule has 0 aromatic heterocycles. The van der Waals surface area contributed by atoms with Gasteiger partial charge >= 0.3 is 0 Å². The minimum atomic E-state index is 0.448. The molecule has 23 heavy (non-hydrogen) atoms. The molecular formula is C20H17ClN2. The minimum Gasteiger partial charge on any atom is -0.310 e. The van der Waals surface area contributed by atoms with Gasteiger partial charge in [0.2, 0.25) is 0 Å². The number of rotatable bonds is 5. The molecule has 114 valence electrons. The van der Waals surface area contributed by atoms with E-state index in [-0.39, 0.29) is 0 Å². The topological polar surface area (TPSA) is 27.0 Å². The molecule has 0 heterocycles. The Hall–Kier alpha value is -2.76. The molecule has 0 N–H and O–H groups in total. The Morgan fingerprint density at radius 1 is 1.17 bits per heavy atom. The molecule has 0 aliphatic rings. The van der Waals surface area contributed by atoms with Crippen LogP contribution in [0.3, 0.4) is 0 Å². The van der Waals surface area contributed by atoms with E-state index in [2.05, 4.69) is 17.5 Å². The van der Waals surface area contributed by atoms with E-state index in [1.807, 2.05) is 61.5 Å². The van der Waals surface area contributed by atoms with Gasteiger partial charge in [-0.15, -0.1) is 0 Å². The molecule has 0 saturated carbocycles. The average molecular weight is 321 g/mol. The Balaban J connectivity index is 2.65. The van der Waals surface area contributed by atoms with E-state index in [0.717, 1.165) is 17.1 Å². The normalized spacial score (nSPS) is 11.3. The maximum absolute atomic E-state index is 9.24. The van der Waals surface area contributed by atoms with Crippen LogP contribution in [0.5, 0.6) is 0 Å². The molecule has 3 heteroatoms. The van der Waals surface area contributed by atoms with Gasteiger partial charge in [0.1, 0.15) is 6.07 Å². The van der Waals surface area contributed by atoms with E-state index in [1.165, 1.54) is 0 Å². The molecule has 0 unspecified atom stereocenters. The summed E-state index contributed by atoms with van der Waals surface area (Å²) in [6.45, 7) is 5.75. The first-order valence-corrected chi connectivity index (χ1v) is 7.59. The number of allylic oxidation sites excluding steroid dienone is 4. The van der Waals surface area contributed by atoms with Crippen LogP contribution in [0.2, 0.25) is 5.02 Å². The average Bonchev–Trinajstić information content (AvgIpc) is 2.58. The Bertz CT molecular complexity index is 783. The highest BCUT2D eigenvalue weighted by Crippen LogP contribution is 2.32. The molecule has 2 rings (SSSR count). The van der Waals surface area contributed by atoms with Gasteiger partial charge in [0.15, 0.2) is 0 Å². The maximum atomic E-state index is 9.24. The van der Waals surface area contributed by atoms with Gasteiger partial charge in [-0.25, -0.2) is 0 Å². The minimum absolute atomic E-state index is 0.448. The zero-order valence-electron chi connectivity index (χ0n) is 12.9. The summed E-state index contributed by atoms with van der Waals surface area (Å²) in [5, 5.41) is 9.69. The number of para-hydroxylation sites is 1. The van der Waals surface area contributed by atoms with Crippen molar-refractivity contribution >= 4 is 23.0 Å². The zero-order chi connectivity index (χ0) is 16.7. The Morgan fingerprint density at radius 3 is 2.52 bits per heavy atom. The van der Waals surface area contributed by atoms with Crippen molar-refractivity contribution < 1.29 is 0 Å². The lowest BCUT2D eigenvalue weighted by molar-refractivity contribution is 1.20. The molecule has 0 radical (unpaired) electrons. The smallest absolute Gasteiger partial charge is 0.101 e. The van der Waals surface area contributed by atoms with Crippen molar-refractivity contribution in [3.05, 3.63) is 95.7 Å². The number of anilines is 2. The van der Waals surface area contributed by atoms with Crippen molar-refractivity contribution in [3.8, 4) is 6.07 Å². The third-order valence-electron chi connectivity index (χ3n) is 3.23. The lowest BCUT2D eigenvalue weighted by Gasteiger charge is -2.26. The van der Waals surface area contributed by atoms with Crippen LogP contribution in [-0.4, -0.2) is 0 Å². The van der Waals surface area contributed by atoms with Crippen LogP contribution in [0.4, 0.5) is 11.4 Å². The van der Waals surface area contributed by atoms with Gasteiger partial charge in [-0.1, -0.05) is 48.5 Å². The van der Waals surface area contributed by atoms with Crippen molar-refractivity contribution in [2.24, 2.45) is 0 Å². The molecule has 0 saturated heterocycles. The number of hydrogen-bond donors (Lipinski definition) is 0. The van der Waals surface area contributed by atoms with Gasteiger partial charge in [0.05, 0.1) is 10.6 Å². The highest BCUT2D eigenvalue weighted by Gasteiger charge is 2.14. The Morgan fingerprint density at radius 2 is 1.91 bits per heavy atom. The quantitative estimate of drug-likeness (QED) is 0.632. The van der Waals surface area contributed by atoms with E-state index in [1.54, 1.807) is 18.2 Å². The summed E-state index contributed by atoms with van der Waals surface area (Å²) in [5.41, 5.74) is 3.25. The van der Waals surface area contributed by atoms with Crippen LogP contribution in [0.1, 0.15) is 12.5 Å². The first-order chi connectivity index (χ1) is 11.2. The van der Waals surface area contributed by atoms with Crippen LogP contribution < -0.4 is 4.90 Å². The molecule has 0 bridgehead atoms. The molecule has 2 aromatic rings. The van der Waals surface area contributed by atoms with Crippen LogP contribution >= 0.6 is 11.6 Å². The first-order valence-electron chi connectivity index (χ1n) is 7.21. The molecule has 0 fully saturated rings. The van der Waals surface area contributed by atoms with Crippen LogP contribution in [0.15, 0.2) is 85.1 Å². The summed E-state index contributed by atoms with van der Waals surface area (Å²) in [6.07, 6.45) is 7.63. The second-order valence-corrected chi connectivity index (χ2v) is 5.18. The molecule has 2 aromatic carbocycles. The van der Waals surface area contributed by atoms with Crippen LogP contribution in [0.25, 0.3) is 0 Å². The van der Waals surface area contributed by atoms with E-state index in [0.29, 0.717) is 10.6 Å². The van der Waals surface area contributed by atoms with Crippen LogP contribution in [-0.2, 0) is 0 Å². The van der Waals surface area contributed by atoms with Gasteiger partial charge in [0, 0.05) is 17.1 Å². The summed E-state index contributed by atoms with van der Waals surface area (Å²) >= 11 is 6.06. The van der Waals surface area contributed by atoms with Crippen LogP contribution in [0, 0.1) is 11.3 Å². The van der Waals surface area contributed by atoms with Gasteiger partial charge in [-0.05, 0) is 49.4 Å². The molecule has 0 spiro atoms. The number of halogens is 1. The number of nitriles is 1. The number of nitrogens with zero attached hydrogens (tertiary/aromatic N) is 2. The first kappa shape index (κ1) is 16.6.